The number of non-ortho nitro benzene ring substituents is 1. The van der Waals surface area contributed by atoms with E-state index in [1.165, 1.54) is 18.2 Å². The number of carbonyl (C=O) groups is 2. The Kier molecular flexibility index (Phi) is 7.43. The van der Waals surface area contributed by atoms with Crippen molar-refractivity contribution in [1.29, 1.82) is 0 Å². The highest BCUT2D eigenvalue weighted by Gasteiger charge is 2.13. The van der Waals surface area contributed by atoms with Crippen LogP contribution in [0.4, 0.5) is 21.9 Å². The lowest BCUT2D eigenvalue weighted by molar-refractivity contribution is -0.384. The van der Waals surface area contributed by atoms with Gasteiger partial charge >= 0.3 is 6.03 Å². The van der Waals surface area contributed by atoms with E-state index in [1.807, 2.05) is 0 Å². The molecule has 0 saturated heterocycles. The highest BCUT2D eigenvalue weighted by Crippen LogP contribution is 2.26. The fourth-order valence-corrected chi connectivity index (χ4v) is 1.78. The molecule has 0 radical (unpaired) electrons. The lowest BCUT2D eigenvalue weighted by Crippen LogP contribution is -2.44. The molecule has 3 amide bonds. The molecule has 10 heteroatoms. The van der Waals surface area contributed by atoms with Crippen LogP contribution < -0.4 is 21.3 Å². The van der Waals surface area contributed by atoms with Crippen LogP contribution in [0.5, 0.6) is 0 Å². The van der Waals surface area contributed by atoms with Crippen LogP contribution in [0.2, 0.25) is 0 Å². The fourth-order valence-electron chi connectivity index (χ4n) is 1.78. The smallest absolute Gasteiger partial charge is 0.321 e. The largest absolute Gasteiger partial charge is 0.395 e. The van der Waals surface area contributed by atoms with Gasteiger partial charge in [-0.1, -0.05) is 0 Å². The Hall–Kier alpha value is -2.88. The standard InChI is InChI=1S/C14H21N5O5/c1-9(2)17-14(22)18-13(21)8-16-12-7-10(19(23)24)3-4-11(12)15-5-6-20/h3-4,7,9,15-16,20H,5-6,8H2,1-2H3,(H2,17,18,21,22). The molecule has 0 fully saturated rings. The van der Waals surface area contributed by atoms with E-state index in [1.54, 1.807) is 13.8 Å². The maximum Gasteiger partial charge on any atom is 0.321 e. The summed E-state index contributed by atoms with van der Waals surface area (Å²) in [6, 6.07) is 3.31. The summed E-state index contributed by atoms with van der Waals surface area (Å²) < 4.78 is 0. The SMILES string of the molecule is CC(C)NC(=O)NC(=O)CNc1cc([N+](=O)[O-])ccc1NCCO. The Bertz CT molecular complexity index is 605. The third kappa shape index (κ3) is 6.48. The highest BCUT2D eigenvalue weighted by atomic mass is 16.6. The number of benzene rings is 1. The summed E-state index contributed by atoms with van der Waals surface area (Å²) >= 11 is 0. The number of urea groups is 1. The molecule has 1 aromatic carbocycles. The molecule has 0 aliphatic heterocycles. The third-order valence-electron chi connectivity index (χ3n) is 2.75. The van der Waals surface area contributed by atoms with E-state index in [0.717, 1.165) is 0 Å². The summed E-state index contributed by atoms with van der Waals surface area (Å²) in [5.41, 5.74) is 0.663. The number of nitro benzene ring substituents is 1. The van der Waals surface area contributed by atoms with Gasteiger partial charge in [-0.25, -0.2) is 4.79 Å². The van der Waals surface area contributed by atoms with Crippen LogP contribution in [-0.4, -0.2) is 47.7 Å². The number of rotatable bonds is 8. The van der Waals surface area contributed by atoms with Crippen molar-refractivity contribution in [3.8, 4) is 0 Å². The first-order valence-electron chi connectivity index (χ1n) is 7.31. The summed E-state index contributed by atoms with van der Waals surface area (Å²) in [6.07, 6.45) is 0. The lowest BCUT2D eigenvalue weighted by Gasteiger charge is -2.13. The molecule has 10 nitrogen and oxygen atoms in total. The molecule has 132 valence electrons. The molecule has 5 N–H and O–H groups in total. The second-order valence-corrected chi connectivity index (χ2v) is 5.17. The van der Waals surface area contributed by atoms with Crippen molar-refractivity contribution in [1.82, 2.24) is 10.6 Å². The molecule has 0 atom stereocenters. The maximum absolute atomic E-state index is 11.7. The molecule has 24 heavy (non-hydrogen) atoms. The Labute approximate surface area is 138 Å². The average Bonchev–Trinajstić information content (AvgIpc) is 2.50. The molecule has 0 heterocycles. The minimum absolute atomic E-state index is 0.114. The summed E-state index contributed by atoms with van der Waals surface area (Å²) in [7, 11) is 0. The second kappa shape index (κ2) is 9.30. The first-order valence-corrected chi connectivity index (χ1v) is 7.31. The van der Waals surface area contributed by atoms with Crippen LogP contribution in [-0.2, 0) is 4.79 Å². The van der Waals surface area contributed by atoms with Gasteiger partial charge in [0.05, 0.1) is 29.4 Å². The van der Waals surface area contributed by atoms with Gasteiger partial charge in [0.2, 0.25) is 5.91 Å². The van der Waals surface area contributed by atoms with Crippen LogP contribution in [0.3, 0.4) is 0 Å². The Balaban J connectivity index is 2.73. The van der Waals surface area contributed by atoms with Gasteiger partial charge in [0.25, 0.3) is 5.69 Å². The van der Waals surface area contributed by atoms with Gasteiger partial charge in [-0.05, 0) is 19.9 Å². The quantitative estimate of drug-likeness (QED) is 0.345. The molecule has 1 rings (SSSR count). The van der Waals surface area contributed by atoms with E-state index in [2.05, 4.69) is 21.3 Å². The minimum atomic E-state index is -0.616. The number of aliphatic hydroxyl groups is 1. The van der Waals surface area contributed by atoms with Gasteiger partial charge in [-0.3, -0.25) is 20.2 Å². The van der Waals surface area contributed by atoms with Crippen molar-refractivity contribution in [3.63, 3.8) is 0 Å². The number of nitrogens with zero attached hydrogens (tertiary/aromatic N) is 1. The van der Waals surface area contributed by atoms with E-state index in [0.29, 0.717) is 11.4 Å². The Morgan fingerprint density at radius 1 is 1.25 bits per heavy atom. The van der Waals surface area contributed by atoms with E-state index in [4.69, 9.17) is 5.11 Å². The van der Waals surface area contributed by atoms with Gasteiger partial charge in [-0.2, -0.15) is 0 Å². The van der Waals surface area contributed by atoms with Crippen LogP contribution in [0.1, 0.15) is 13.8 Å². The molecule has 1 aromatic rings. The van der Waals surface area contributed by atoms with Gasteiger partial charge in [0, 0.05) is 24.7 Å². The maximum atomic E-state index is 11.7. The number of hydrogen-bond acceptors (Lipinski definition) is 7. The molecular formula is C14H21N5O5. The number of carbonyl (C=O) groups excluding carboxylic acids is 2. The van der Waals surface area contributed by atoms with Crippen LogP contribution in [0.15, 0.2) is 18.2 Å². The van der Waals surface area contributed by atoms with Crippen molar-refractivity contribution in [2.24, 2.45) is 0 Å². The van der Waals surface area contributed by atoms with E-state index in [9.17, 15) is 19.7 Å². The molecule has 0 saturated carbocycles. The predicted molar refractivity (Wildman–Crippen MR) is 89.0 cm³/mol. The fraction of sp³-hybridized carbons (Fsp3) is 0.429. The number of amides is 3. The first-order chi connectivity index (χ1) is 11.3. The molecule has 0 spiro atoms. The zero-order chi connectivity index (χ0) is 18.1. The predicted octanol–water partition coefficient (Wildman–Crippen LogP) is 0.645. The lowest BCUT2D eigenvalue weighted by atomic mass is 10.2. The van der Waals surface area contributed by atoms with E-state index in [-0.39, 0.29) is 31.4 Å². The molecular weight excluding hydrogens is 318 g/mol. The van der Waals surface area contributed by atoms with Gasteiger partial charge in [0.1, 0.15) is 0 Å². The summed E-state index contributed by atoms with van der Waals surface area (Å²) in [6.45, 7) is 3.39. The summed E-state index contributed by atoms with van der Waals surface area (Å²) in [5.74, 6) is -0.590. The second-order valence-electron chi connectivity index (χ2n) is 5.17. The van der Waals surface area contributed by atoms with Crippen LogP contribution >= 0.6 is 0 Å². The van der Waals surface area contributed by atoms with E-state index < -0.39 is 16.9 Å². The van der Waals surface area contributed by atoms with Crippen LogP contribution in [0.25, 0.3) is 0 Å². The summed E-state index contributed by atoms with van der Waals surface area (Å²) in [5, 5.41) is 30.0. The van der Waals surface area contributed by atoms with E-state index >= 15 is 0 Å². The number of imide groups is 1. The monoisotopic (exact) mass is 339 g/mol. The highest BCUT2D eigenvalue weighted by molar-refractivity contribution is 5.96. The van der Waals surface area contributed by atoms with Crippen LogP contribution in [0, 0.1) is 10.1 Å². The number of nitrogens with one attached hydrogen (secondary N) is 4. The third-order valence-corrected chi connectivity index (χ3v) is 2.75. The van der Waals surface area contributed by atoms with Crippen molar-refractivity contribution in [2.75, 3.05) is 30.3 Å². The molecule has 0 unspecified atom stereocenters. The Morgan fingerprint density at radius 2 is 1.96 bits per heavy atom. The summed E-state index contributed by atoms with van der Waals surface area (Å²) in [4.78, 5) is 33.4. The zero-order valence-corrected chi connectivity index (χ0v) is 13.5. The molecule has 0 bridgehead atoms. The first kappa shape index (κ1) is 19.2. The number of hydrogen-bond donors (Lipinski definition) is 5. The molecule has 0 aromatic heterocycles. The Morgan fingerprint density at radius 3 is 2.54 bits per heavy atom. The molecule has 0 aliphatic carbocycles. The topological polar surface area (TPSA) is 146 Å². The van der Waals surface area contributed by atoms with Gasteiger partial charge in [-0.15, -0.1) is 0 Å². The number of anilines is 2. The van der Waals surface area contributed by atoms with Crippen molar-refractivity contribution >= 4 is 29.0 Å². The van der Waals surface area contributed by atoms with Crippen molar-refractivity contribution < 1.29 is 19.6 Å². The van der Waals surface area contributed by atoms with Crippen molar-refractivity contribution in [2.45, 2.75) is 19.9 Å². The van der Waals surface area contributed by atoms with Gasteiger partial charge < -0.3 is 21.1 Å². The number of nitro groups is 1. The van der Waals surface area contributed by atoms with Crippen molar-refractivity contribution in [3.05, 3.63) is 28.3 Å². The normalized spacial score (nSPS) is 10.2. The minimum Gasteiger partial charge on any atom is -0.395 e. The average molecular weight is 339 g/mol. The number of aliphatic hydroxyl groups excluding tert-OH is 1. The molecule has 0 aliphatic rings. The van der Waals surface area contributed by atoms with Gasteiger partial charge in [0.15, 0.2) is 0 Å². The zero-order valence-electron chi connectivity index (χ0n) is 13.5.